The predicted octanol–water partition coefficient (Wildman–Crippen LogP) is 5.35. The molecule has 0 aliphatic heterocycles. The van der Waals surface area contributed by atoms with Crippen LogP contribution in [0, 0.1) is 19.7 Å². The molecule has 0 fully saturated rings. The van der Waals surface area contributed by atoms with Crippen molar-refractivity contribution >= 4 is 27.0 Å². The van der Waals surface area contributed by atoms with Crippen molar-refractivity contribution in [2.45, 2.75) is 20.4 Å². The van der Waals surface area contributed by atoms with Crippen molar-refractivity contribution in [2.24, 2.45) is 0 Å². The molecule has 5 heteroatoms. The Labute approximate surface area is 159 Å². The lowest BCUT2D eigenvalue weighted by Gasteiger charge is -2.01. The van der Waals surface area contributed by atoms with Gasteiger partial charge in [0.05, 0.1) is 4.47 Å². The van der Waals surface area contributed by atoms with E-state index in [2.05, 4.69) is 27.0 Å². The molecule has 3 nitrogen and oxygen atoms in total. The van der Waals surface area contributed by atoms with Gasteiger partial charge in [0, 0.05) is 5.56 Å². The lowest BCUT2D eigenvalue weighted by atomic mass is 10.1. The summed E-state index contributed by atoms with van der Waals surface area (Å²) in [5.41, 5.74) is 5.65. The average Bonchev–Trinajstić information content (AvgIpc) is 2.98. The minimum Gasteiger partial charge on any atom is -0.436 e. The van der Waals surface area contributed by atoms with Crippen LogP contribution >= 0.6 is 15.9 Å². The molecular formula is C21H17BrFN2O+. The van der Waals surface area contributed by atoms with Crippen molar-refractivity contribution < 1.29 is 13.4 Å². The van der Waals surface area contributed by atoms with Crippen LogP contribution in [0.4, 0.5) is 4.39 Å². The molecule has 2 heterocycles. The molecule has 0 amide bonds. The maximum atomic E-state index is 13.4. The summed E-state index contributed by atoms with van der Waals surface area (Å²) in [5, 5.41) is 0. The Balaban J connectivity index is 1.75. The second kappa shape index (κ2) is 6.65. The molecule has 0 saturated carbocycles. The van der Waals surface area contributed by atoms with Gasteiger partial charge in [-0.15, -0.1) is 0 Å². The number of pyridine rings is 1. The number of hydrogen-bond donors (Lipinski definition) is 0. The van der Waals surface area contributed by atoms with Crippen molar-refractivity contribution in [3.63, 3.8) is 0 Å². The SMILES string of the molecule is Cc1cc(C)c2oc(-c3cc(Br)c[n+](Cc4cccc(F)c4)c3)nc2c1. The Morgan fingerprint density at radius 1 is 1.12 bits per heavy atom. The number of oxazole rings is 1. The second-order valence-electron chi connectivity index (χ2n) is 6.49. The Morgan fingerprint density at radius 2 is 1.96 bits per heavy atom. The molecule has 0 unspecified atom stereocenters. The molecule has 2 aromatic heterocycles. The Morgan fingerprint density at radius 3 is 2.77 bits per heavy atom. The molecule has 0 radical (unpaired) electrons. The fourth-order valence-electron chi connectivity index (χ4n) is 3.15. The normalized spacial score (nSPS) is 11.2. The highest BCUT2D eigenvalue weighted by atomic mass is 79.9. The number of halogens is 2. The third-order valence-electron chi connectivity index (χ3n) is 4.21. The lowest BCUT2D eigenvalue weighted by molar-refractivity contribution is -0.688. The third kappa shape index (κ3) is 3.40. The zero-order valence-corrected chi connectivity index (χ0v) is 16.0. The first-order chi connectivity index (χ1) is 12.5. The number of benzene rings is 2. The van der Waals surface area contributed by atoms with Gasteiger partial charge in [-0.3, -0.25) is 0 Å². The molecule has 4 rings (SSSR count). The summed E-state index contributed by atoms with van der Waals surface area (Å²) in [6.45, 7) is 4.63. The van der Waals surface area contributed by atoms with Gasteiger partial charge in [0.2, 0.25) is 5.89 Å². The average molecular weight is 412 g/mol. The summed E-state index contributed by atoms with van der Waals surface area (Å²) in [6.07, 6.45) is 3.91. The van der Waals surface area contributed by atoms with Gasteiger partial charge in [0.15, 0.2) is 24.5 Å². The van der Waals surface area contributed by atoms with E-state index in [1.807, 2.05) is 49.0 Å². The molecule has 130 valence electrons. The van der Waals surface area contributed by atoms with Crippen LogP contribution in [-0.4, -0.2) is 4.98 Å². The summed E-state index contributed by atoms with van der Waals surface area (Å²) in [7, 11) is 0. The number of rotatable bonds is 3. The van der Waals surface area contributed by atoms with Crippen molar-refractivity contribution in [2.75, 3.05) is 0 Å². The van der Waals surface area contributed by atoms with E-state index in [4.69, 9.17) is 4.42 Å². The number of aryl methyl sites for hydroxylation is 2. The summed E-state index contributed by atoms with van der Waals surface area (Å²) in [4.78, 5) is 4.65. The number of fused-ring (bicyclic) bond motifs is 1. The zero-order chi connectivity index (χ0) is 18.3. The highest BCUT2D eigenvalue weighted by Gasteiger charge is 2.16. The summed E-state index contributed by atoms with van der Waals surface area (Å²) in [6, 6.07) is 12.7. The molecule has 2 aromatic carbocycles. The van der Waals surface area contributed by atoms with Crippen molar-refractivity contribution in [1.82, 2.24) is 4.98 Å². The third-order valence-corrected chi connectivity index (χ3v) is 4.64. The van der Waals surface area contributed by atoms with E-state index in [9.17, 15) is 4.39 Å². The number of nitrogens with zero attached hydrogens (tertiary/aromatic N) is 2. The van der Waals surface area contributed by atoms with Crippen molar-refractivity contribution in [1.29, 1.82) is 0 Å². The lowest BCUT2D eigenvalue weighted by Crippen LogP contribution is -2.33. The van der Waals surface area contributed by atoms with Crippen LogP contribution < -0.4 is 4.57 Å². The Kier molecular flexibility index (Phi) is 4.32. The molecule has 0 saturated heterocycles. The molecule has 0 aliphatic rings. The highest BCUT2D eigenvalue weighted by Crippen LogP contribution is 2.28. The van der Waals surface area contributed by atoms with E-state index in [-0.39, 0.29) is 5.82 Å². The van der Waals surface area contributed by atoms with E-state index in [1.54, 1.807) is 12.1 Å². The Hall–Kier alpha value is -2.53. The quantitative estimate of drug-likeness (QED) is 0.425. The van der Waals surface area contributed by atoms with Gasteiger partial charge in [-0.2, -0.15) is 4.57 Å². The summed E-state index contributed by atoms with van der Waals surface area (Å²) >= 11 is 3.54. The molecule has 0 atom stereocenters. The van der Waals surface area contributed by atoms with Crippen LogP contribution in [0.5, 0.6) is 0 Å². The monoisotopic (exact) mass is 411 g/mol. The molecule has 26 heavy (non-hydrogen) atoms. The summed E-state index contributed by atoms with van der Waals surface area (Å²) < 4.78 is 22.3. The standard InChI is InChI=1S/C21H17BrFN2O/c1-13-6-14(2)20-19(7-13)24-21(26-20)16-9-17(22)12-25(11-16)10-15-4-3-5-18(23)8-15/h3-9,11-12H,10H2,1-2H3/q+1. The van der Waals surface area contributed by atoms with Crippen LogP contribution in [0.25, 0.3) is 22.6 Å². The van der Waals surface area contributed by atoms with Crippen molar-refractivity contribution in [3.8, 4) is 11.5 Å². The number of hydrogen-bond acceptors (Lipinski definition) is 2. The van der Waals surface area contributed by atoms with Gasteiger partial charge in [-0.05, 0) is 65.2 Å². The molecule has 4 aromatic rings. The molecule has 0 bridgehead atoms. The molecule has 0 aliphatic carbocycles. The van der Waals surface area contributed by atoms with Gasteiger partial charge in [-0.25, -0.2) is 9.37 Å². The zero-order valence-electron chi connectivity index (χ0n) is 14.5. The van der Waals surface area contributed by atoms with Gasteiger partial charge < -0.3 is 4.42 Å². The van der Waals surface area contributed by atoms with Crippen LogP contribution in [0.2, 0.25) is 0 Å². The first kappa shape index (κ1) is 16.9. The van der Waals surface area contributed by atoms with Crippen LogP contribution in [-0.2, 0) is 6.54 Å². The fraction of sp³-hybridized carbons (Fsp3) is 0.143. The highest BCUT2D eigenvalue weighted by molar-refractivity contribution is 9.10. The summed E-state index contributed by atoms with van der Waals surface area (Å²) in [5.74, 6) is 0.339. The van der Waals surface area contributed by atoms with E-state index in [1.165, 1.54) is 6.07 Å². The van der Waals surface area contributed by atoms with Gasteiger partial charge in [0.1, 0.15) is 16.9 Å². The Bertz CT molecular complexity index is 1120. The smallest absolute Gasteiger partial charge is 0.233 e. The number of aromatic nitrogens is 2. The minimum absolute atomic E-state index is 0.233. The van der Waals surface area contributed by atoms with Crippen LogP contribution in [0.3, 0.4) is 0 Å². The van der Waals surface area contributed by atoms with E-state index >= 15 is 0 Å². The maximum absolute atomic E-state index is 13.4. The first-order valence-corrected chi connectivity index (χ1v) is 9.09. The van der Waals surface area contributed by atoms with E-state index in [0.717, 1.165) is 37.8 Å². The second-order valence-corrected chi connectivity index (χ2v) is 7.41. The van der Waals surface area contributed by atoms with Crippen LogP contribution in [0.15, 0.2) is 63.7 Å². The predicted molar refractivity (Wildman–Crippen MR) is 102 cm³/mol. The largest absolute Gasteiger partial charge is 0.436 e. The van der Waals surface area contributed by atoms with Gasteiger partial charge >= 0.3 is 0 Å². The van der Waals surface area contributed by atoms with E-state index in [0.29, 0.717) is 12.4 Å². The molecule has 0 spiro atoms. The molecule has 0 N–H and O–H groups in total. The van der Waals surface area contributed by atoms with Crippen LogP contribution in [0.1, 0.15) is 16.7 Å². The molecular weight excluding hydrogens is 395 g/mol. The topological polar surface area (TPSA) is 29.9 Å². The first-order valence-electron chi connectivity index (χ1n) is 8.30. The van der Waals surface area contributed by atoms with Crippen molar-refractivity contribution in [3.05, 3.63) is 81.8 Å². The maximum Gasteiger partial charge on any atom is 0.233 e. The minimum atomic E-state index is -0.233. The van der Waals surface area contributed by atoms with E-state index < -0.39 is 0 Å². The van der Waals surface area contributed by atoms with Gasteiger partial charge in [-0.1, -0.05) is 18.2 Å². The fourth-order valence-corrected chi connectivity index (χ4v) is 3.66. The van der Waals surface area contributed by atoms with Gasteiger partial charge in [0.25, 0.3) is 0 Å².